The molecule has 0 aliphatic carbocycles. The maximum absolute atomic E-state index is 12.5. The van der Waals surface area contributed by atoms with Gasteiger partial charge in [-0.15, -0.1) is 11.3 Å². The number of aromatic nitrogens is 1. The number of nitrogens with one attached hydrogen (secondary N) is 1. The molecule has 0 aromatic carbocycles. The van der Waals surface area contributed by atoms with Crippen LogP contribution in [-0.2, 0) is 16.4 Å². The second-order valence-corrected chi connectivity index (χ2v) is 8.48. The lowest BCUT2D eigenvalue weighted by atomic mass is 10.2. The molecule has 3 rings (SSSR count). The van der Waals surface area contributed by atoms with Crippen molar-refractivity contribution in [1.82, 2.24) is 9.88 Å². The van der Waals surface area contributed by atoms with E-state index >= 15 is 0 Å². The summed E-state index contributed by atoms with van der Waals surface area (Å²) in [6, 6.07) is 6.89. The Balaban J connectivity index is 1.65. The van der Waals surface area contributed by atoms with Crippen molar-refractivity contribution in [2.24, 2.45) is 0 Å². The van der Waals surface area contributed by atoms with Crippen LogP contribution in [0.3, 0.4) is 0 Å². The van der Waals surface area contributed by atoms with Crippen LogP contribution < -0.4 is 4.72 Å². The number of rotatable bonds is 7. The van der Waals surface area contributed by atoms with E-state index in [9.17, 15) is 8.42 Å². The van der Waals surface area contributed by atoms with Crippen molar-refractivity contribution in [2.45, 2.75) is 36.9 Å². The van der Waals surface area contributed by atoms with Crippen LogP contribution in [0.2, 0.25) is 0 Å². The molecule has 0 fully saturated rings. The minimum atomic E-state index is -3.56. The molecule has 3 heterocycles. The van der Waals surface area contributed by atoms with E-state index in [1.165, 1.54) is 0 Å². The lowest BCUT2D eigenvalue weighted by Crippen LogP contribution is -2.32. The second-order valence-electron chi connectivity index (χ2n) is 5.63. The van der Waals surface area contributed by atoms with Gasteiger partial charge in [-0.25, -0.2) is 13.1 Å². The molecule has 3 aromatic rings. The van der Waals surface area contributed by atoms with Crippen molar-refractivity contribution >= 4 is 21.4 Å². The van der Waals surface area contributed by atoms with Crippen LogP contribution in [0.1, 0.15) is 24.8 Å². The first-order valence-electron chi connectivity index (χ1n) is 7.51. The minimum Gasteiger partial charge on any atom is -0.469 e. The zero-order chi connectivity index (χ0) is 17.2. The summed E-state index contributed by atoms with van der Waals surface area (Å²) >= 11 is 1.16. The van der Waals surface area contributed by atoms with Gasteiger partial charge >= 0.3 is 0 Å². The molecular formula is C16H18N2O4S2. The van der Waals surface area contributed by atoms with Crippen molar-refractivity contribution in [3.05, 3.63) is 47.4 Å². The Kier molecular flexibility index (Phi) is 4.88. The van der Waals surface area contributed by atoms with E-state index < -0.39 is 10.0 Å². The fraction of sp³-hybridized carbons (Fsp3) is 0.312. The van der Waals surface area contributed by atoms with Gasteiger partial charge in [0.05, 0.1) is 12.0 Å². The number of aryl methyl sites for hydroxylation is 2. The number of furan rings is 1. The maximum Gasteiger partial charge on any atom is 0.250 e. The molecule has 0 spiro atoms. The number of sulfonamides is 1. The molecule has 1 unspecified atom stereocenters. The van der Waals surface area contributed by atoms with E-state index in [-0.39, 0.29) is 10.3 Å². The predicted octanol–water partition coefficient (Wildman–Crippen LogP) is 3.60. The third kappa shape index (κ3) is 3.95. The first-order valence-corrected chi connectivity index (χ1v) is 9.87. The maximum atomic E-state index is 12.5. The summed E-state index contributed by atoms with van der Waals surface area (Å²) in [7, 11) is -3.56. The van der Waals surface area contributed by atoms with Crippen LogP contribution >= 0.6 is 11.3 Å². The van der Waals surface area contributed by atoms with Gasteiger partial charge in [0.1, 0.15) is 9.97 Å². The van der Waals surface area contributed by atoms with Crippen LogP contribution in [0.4, 0.5) is 0 Å². The molecule has 8 heteroatoms. The quantitative estimate of drug-likeness (QED) is 0.690. The second kappa shape index (κ2) is 6.92. The number of hydrogen-bond acceptors (Lipinski definition) is 6. The van der Waals surface area contributed by atoms with Gasteiger partial charge < -0.3 is 8.94 Å². The molecule has 0 bridgehead atoms. The zero-order valence-electron chi connectivity index (χ0n) is 13.4. The molecule has 1 N–H and O–H groups in total. The highest BCUT2D eigenvalue weighted by atomic mass is 32.2. The Bertz CT molecular complexity index is 894. The van der Waals surface area contributed by atoms with Crippen molar-refractivity contribution < 1.29 is 17.4 Å². The Morgan fingerprint density at radius 3 is 2.88 bits per heavy atom. The molecule has 24 heavy (non-hydrogen) atoms. The highest BCUT2D eigenvalue weighted by molar-refractivity contribution is 7.91. The average Bonchev–Trinajstić information content (AvgIpc) is 3.26. The standard InChI is InChI=1S/C16H18N2O4S2/c1-11(5-6-14-4-3-7-21-14)18-24(19,20)16-9-13(10-23-16)15-8-12(2)17-22-15/h3-4,7-11,18H,5-6H2,1-2H3. The van der Waals surface area contributed by atoms with Gasteiger partial charge in [0.25, 0.3) is 0 Å². The van der Waals surface area contributed by atoms with Crippen molar-refractivity contribution in [1.29, 1.82) is 0 Å². The van der Waals surface area contributed by atoms with E-state index in [0.717, 1.165) is 22.8 Å². The van der Waals surface area contributed by atoms with Gasteiger partial charge in [-0.3, -0.25) is 0 Å². The number of nitrogens with zero attached hydrogens (tertiary/aromatic N) is 1. The normalized spacial score (nSPS) is 13.2. The smallest absolute Gasteiger partial charge is 0.250 e. The summed E-state index contributed by atoms with van der Waals surface area (Å²) in [6.07, 6.45) is 2.96. The predicted molar refractivity (Wildman–Crippen MR) is 91.4 cm³/mol. The summed E-state index contributed by atoms with van der Waals surface area (Å²) in [5.74, 6) is 1.41. The lowest BCUT2D eigenvalue weighted by Gasteiger charge is -2.12. The third-order valence-electron chi connectivity index (χ3n) is 3.51. The van der Waals surface area contributed by atoms with Gasteiger partial charge in [-0.1, -0.05) is 5.16 Å². The highest BCUT2D eigenvalue weighted by Gasteiger charge is 2.21. The van der Waals surface area contributed by atoms with Gasteiger partial charge in [0.2, 0.25) is 10.0 Å². The summed E-state index contributed by atoms with van der Waals surface area (Å²) < 4.78 is 38.4. The molecule has 0 amide bonds. The van der Waals surface area contributed by atoms with Crippen molar-refractivity contribution in [3.63, 3.8) is 0 Å². The SMILES string of the molecule is Cc1cc(-c2csc(S(=O)(=O)NC(C)CCc3ccco3)c2)on1. The summed E-state index contributed by atoms with van der Waals surface area (Å²) in [5.41, 5.74) is 1.47. The minimum absolute atomic E-state index is 0.196. The first kappa shape index (κ1) is 16.9. The van der Waals surface area contributed by atoms with E-state index in [4.69, 9.17) is 8.94 Å². The van der Waals surface area contributed by atoms with E-state index in [1.54, 1.807) is 23.8 Å². The largest absolute Gasteiger partial charge is 0.469 e. The Hall–Kier alpha value is -1.90. The molecule has 0 aliphatic heterocycles. The summed E-state index contributed by atoms with van der Waals surface area (Å²) in [4.78, 5) is 0. The van der Waals surface area contributed by atoms with Crippen LogP contribution in [0.15, 0.2) is 49.1 Å². The van der Waals surface area contributed by atoms with Crippen LogP contribution in [0, 0.1) is 6.92 Å². The molecule has 0 saturated heterocycles. The number of hydrogen-bond donors (Lipinski definition) is 1. The van der Waals surface area contributed by atoms with Gasteiger partial charge in [0, 0.05) is 29.5 Å². The Morgan fingerprint density at radius 2 is 2.21 bits per heavy atom. The van der Waals surface area contributed by atoms with Crippen LogP contribution in [-0.4, -0.2) is 19.6 Å². The van der Waals surface area contributed by atoms with Crippen LogP contribution in [0.25, 0.3) is 11.3 Å². The molecule has 0 radical (unpaired) electrons. The number of thiophene rings is 1. The van der Waals surface area contributed by atoms with E-state index in [2.05, 4.69) is 9.88 Å². The Labute approximate surface area is 144 Å². The van der Waals surface area contributed by atoms with Gasteiger partial charge in [-0.05, 0) is 38.5 Å². The fourth-order valence-electron chi connectivity index (χ4n) is 2.28. The topological polar surface area (TPSA) is 85.3 Å². The fourth-order valence-corrected chi connectivity index (χ4v) is 4.75. The van der Waals surface area contributed by atoms with E-state index in [1.807, 2.05) is 26.0 Å². The molecule has 128 valence electrons. The summed E-state index contributed by atoms with van der Waals surface area (Å²) in [6.45, 7) is 3.66. The molecule has 0 saturated carbocycles. The van der Waals surface area contributed by atoms with E-state index in [0.29, 0.717) is 24.2 Å². The molecular weight excluding hydrogens is 348 g/mol. The monoisotopic (exact) mass is 366 g/mol. The molecule has 6 nitrogen and oxygen atoms in total. The average molecular weight is 366 g/mol. The molecule has 0 aliphatic rings. The first-order chi connectivity index (χ1) is 11.4. The van der Waals surface area contributed by atoms with Gasteiger partial charge in [-0.2, -0.15) is 0 Å². The lowest BCUT2D eigenvalue weighted by molar-refractivity contribution is 0.427. The van der Waals surface area contributed by atoms with Crippen LogP contribution in [0.5, 0.6) is 0 Å². The van der Waals surface area contributed by atoms with Crippen molar-refractivity contribution in [2.75, 3.05) is 0 Å². The molecule has 1 atom stereocenters. The summed E-state index contributed by atoms with van der Waals surface area (Å²) in [5, 5.41) is 5.57. The van der Waals surface area contributed by atoms with Gasteiger partial charge in [0.15, 0.2) is 5.76 Å². The van der Waals surface area contributed by atoms with Crippen molar-refractivity contribution in [3.8, 4) is 11.3 Å². The highest BCUT2D eigenvalue weighted by Crippen LogP contribution is 2.29. The zero-order valence-corrected chi connectivity index (χ0v) is 15.0. The Morgan fingerprint density at radius 1 is 1.38 bits per heavy atom. The molecule has 3 aromatic heterocycles. The third-order valence-corrected chi connectivity index (χ3v) is 6.54.